The van der Waals surface area contributed by atoms with Crippen LogP contribution in [0.5, 0.6) is 0 Å². The Bertz CT molecular complexity index is 442. The third-order valence-corrected chi connectivity index (χ3v) is 2.41. The second-order valence-corrected chi connectivity index (χ2v) is 3.60. The lowest BCUT2D eigenvalue weighted by Gasteiger charge is -2.18. The summed E-state index contributed by atoms with van der Waals surface area (Å²) in [4.78, 5) is 11.9. The molecule has 1 rings (SSSR count). The second-order valence-electron chi connectivity index (χ2n) is 3.19. The number of nitriles is 1. The molecule has 0 radical (unpaired) electrons. The SMILES string of the molecule is CN(CCC#N)c1c(Cl)cccc1[N+](=O)[O-]. The molecule has 0 unspecified atom stereocenters. The molecule has 0 saturated heterocycles. The Labute approximate surface area is 98.0 Å². The minimum atomic E-state index is -0.482. The Hall–Kier alpha value is -1.80. The highest BCUT2D eigenvalue weighted by Crippen LogP contribution is 2.34. The first-order valence-corrected chi connectivity index (χ1v) is 4.96. The van der Waals surface area contributed by atoms with Gasteiger partial charge in [-0.3, -0.25) is 10.1 Å². The van der Waals surface area contributed by atoms with Crippen LogP contribution < -0.4 is 4.90 Å². The fourth-order valence-corrected chi connectivity index (χ4v) is 1.67. The summed E-state index contributed by atoms with van der Waals surface area (Å²) < 4.78 is 0. The molecule has 0 aromatic heterocycles. The Morgan fingerprint density at radius 1 is 1.62 bits per heavy atom. The molecule has 0 bridgehead atoms. The first-order valence-electron chi connectivity index (χ1n) is 4.59. The van der Waals surface area contributed by atoms with Crippen molar-refractivity contribution in [1.29, 1.82) is 5.26 Å². The molecular weight excluding hydrogens is 230 g/mol. The maximum absolute atomic E-state index is 10.8. The molecule has 84 valence electrons. The highest BCUT2D eigenvalue weighted by Gasteiger charge is 2.19. The van der Waals surface area contributed by atoms with Crippen LogP contribution in [0.1, 0.15) is 6.42 Å². The number of para-hydroxylation sites is 1. The van der Waals surface area contributed by atoms with E-state index in [2.05, 4.69) is 0 Å². The van der Waals surface area contributed by atoms with Gasteiger partial charge in [-0.05, 0) is 6.07 Å². The van der Waals surface area contributed by atoms with Crippen molar-refractivity contribution in [3.63, 3.8) is 0 Å². The van der Waals surface area contributed by atoms with E-state index >= 15 is 0 Å². The van der Waals surface area contributed by atoms with Crippen LogP contribution in [0.25, 0.3) is 0 Å². The zero-order valence-corrected chi connectivity index (χ0v) is 9.44. The number of nitro benzene ring substituents is 1. The van der Waals surface area contributed by atoms with Gasteiger partial charge in [0.15, 0.2) is 0 Å². The van der Waals surface area contributed by atoms with Gasteiger partial charge < -0.3 is 4.90 Å². The van der Waals surface area contributed by atoms with Crippen LogP contribution in [0.4, 0.5) is 11.4 Å². The lowest BCUT2D eigenvalue weighted by atomic mass is 10.2. The minimum Gasteiger partial charge on any atom is -0.367 e. The number of anilines is 1. The molecular formula is C10H10ClN3O2. The van der Waals surface area contributed by atoms with Crippen LogP contribution >= 0.6 is 11.6 Å². The summed E-state index contributed by atoms with van der Waals surface area (Å²) in [6.07, 6.45) is 0.291. The number of nitrogens with zero attached hydrogens (tertiary/aromatic N) is 3. The maximum atomic E-state index is 10.8. The zero-order chi connectivity index (χ0) is 12.1. The third kappa shape index (κ3) is 2.61. The summed E-state index contributed by atoms with van der Waals surface area (Å²) in [6.45, 7) is 0.404. The highest BCUT2D eigenvalue weighted by molar-refractivity contribution is 6.33. The van der Waals surface area contributed by atoms with Crippen molar-refractivity contribution in [2.45, 2.75) is 6.42 Å². The molecule has 0 atom stereocenters. The van der Waals surface area contributed by atoms with Gasteiger partial charge in [0.1, 0.15) is 5.69 Å². The van der Waals surface area contributed by atoms with Gasteiger partial charge in [-0.2, -0.15) is 5.26 Å². The Morgan fingerprint density at radius 2 is 2.31 bits per heavy atom. The second kappa shape index (κ2) is 5.33. The van der Waals surface area contributed by atoms with Gasteiger partial charge in [-0.15, -0.1) is 0 Å². The van der Waals surface area contributed by atoms with Crippen molar-refractivity contribution in [1.82, 2.24) is 0 Å². The number of hydrogen-bond donors (Lipinski definition) is 0. The standard InChI is InChI=1S/C10H10ClN3O2/c1-13(7-3-6-12)10-8(11)4-2-5-9(10)14(15)16/h2,4-5H,3,7H2,1H3. The number of hydrogen-bond acceptors (Lipinski definition) is 4. The van der Waals surface area contributed by atoms with Gasteiger partial charge in [0.05, 0.1) is 22.4 Å². The van der Waals surface area contributed by atoms with Crippen LogP contribution in [0.15, 0.2) is 18.2 Å². The van der Waals surface area contributed by atoms with Crippen LogP contribution in [0.3, 0.4) is 0 Å². The highest BCUT2D eigenvalue weighted by atomic mass is 35.5. The van der Waals surface area contributed by atoms with Gasteiger partial charge in [0.25, 0.3) is 5.69 Å². The Morgan fingerprint density at radius 3 is 2.88 bits per heavy atom. The van der Waals surface area contributed by atoms with Crippen molar-refractivity contribution < 1.29 is 4.92 Å². The Kier molecular flexibility index (Phi) is 4.09. The van der Waals surface area contributed by atoms with Gasteiger partial charge in [0.2, 0.25) is 0 Å². The lowest BCUT2D eigenvalue weighted by Crippen LogP contribution is -2.19. The first kappa shape index (κ1) is 12.3. The van der Waals surface area contributed by atoms with Gasteiger partial charge in [0, 0.05) is 19.7 Å². The van der Waals surface area contributed by atoms with E-state index in [1.165, 1.54) is 12.1 Å². The van der Waals surface area contributed by atoms with Crippen LogP contribution in [-0.4, -0.2) is 18.5 Å². The number of nitro groups is 1. The third-order valence-electron chi connectivity index (χ3n) is 2.10. The summed E-state index contributed by atoms with van der Waals surface area (Å²) >= 11 is 5.92. The van der Waals surface area contributed by atoms with Crippen molar-refractivity contribution in [2.75, 3.05) is 18.5 Å². The minimum absolute atomic E-state index is 0.0482. The molecule has 0 N–H and O–H groups in total. The maximum Gasteiger partial charge on any atom is 0.294 e. The quantitative estimate of drug-likeness (QED) is 0.598. The normalized spacial score (nSPS) is 9.56. The molecule has 0 fully saturated rings. The van der Waals surface area contributed by atoms with E-state index in [1.807, 2.05) is 6.07 Å². The van der Waals surface area contributed by atoms with Crippen molar-refractivity contribution in [3.05, 3.63) is 33.3 Å². The van der Waals surface area contributed by atoms with Gasteiger partial charge in [-0.1, -0.05) is 17.7 Å². The van der Waals surface area contributed by atoms with E-state index in [4.69, 9.17) is 16.9 Å². The molecule has 0 aliphatic rings. The molecule has 0 heterocycles. The summed E-state index contributed by atoms with van der Waals surface area (Å²) in [7, 11) is 1.67. The van der Waals surface area contributed by atoms with Crippen molar-refractivity contribution >= 4 is 23.0 Å². The van der Waals surface area contributed by atoms with E-state index in [0.717, 1.165) is 0 Å². The van der Waals surface area contributed by atoms with E-state index in [-0.39, 0.29) is 5.69 Å². The van der Waals surface area contributed by atoms with Gasteiger partial charge in [-0.25, -0.2) is 0 Å². The van der Waals surface area contributed by atoms with E-state index in [9.17, 15) is 10.1 Å². The predicted octanol–water partition coefficient (Wildman–Crippen LogP) is 2.60. The topological polar surface area (TPSA) is 70.2 Å². The summed E-state index contributed by atoms with van der Waals surface area (Å²) in [5.74, 6) is 0. The lowest BCUT2D eigenvalue weighted by molar-refractivity contribution is -0.384. The van der Waals surface area contributed by atoms with Crippen LogP contribution in [-0.2, 0) is 0 Å². The molecule has 0 spiro atoms. The van der Waals surface area contributed by atoms with E-state index in [0.29, 0.717) is 23.7 Å². The molecule has 0 aliphatic heterocycles. The fraction of sp³-hybridized carbons (Fsp3) is 0.300. The molecule has 0 saturated carbocycles. The zero-order valence-electron chi connectivity index (χ0n) is 8.68. The molecule has 1 aromatic rings. The van der Waals surface area contributed by atoms with E-state index < -0.39 is 4.92 Å². The Balaban J connectivity index is 3.10. The van der Waals surface area contributed by atoms with Crippen LogP contribution in [0.2, 0.25) is 5.02 Å². The first-order chi connectivity index (χ1) is 7.57. The largest absolute Gasteiger partial charge is 0.367 e. The molecule has 1 aromatic carbocycles. The number of benzene rings is 1. The molecule has 5 nitrogen and oxygen atoms in total. The van der Waals surface area contributed by atoms with Gasteiger partial charge >= 0.3 is 0 Å². The van der Waals surface area contributed by atoms with Crippen LogP contribution in [0, 0.1) is 21.4 Å². The molecule has 16 heavy (non-hydrogen) atoms. The number of halogens is 1. The van der Waals surface area contributed by atoms with Crippen molar-refractivity contribution in [3.8, 4) is 6.07 Å². The molecule has 6 heteroatoms. The summed E-state index contributed by atoms with van der Waals surface area (Å²) in [6, 6.07) is 6.49. The monoisotopic (exact) mass is 239 g/mol. The fourth-order valence-electron chi connectivity index (χ4n) is 1.36. The molecule has 0 amide bonds. The molecule has 0 aliphatic carbocycles. The smallest absolute Gasteiger partial charge is 0.294 e. The summed E-state index contributed by atoms with van der Waals surface area (Å²) in [5.41, 5.74) is 0.303. The predicted molar refractivity (Wildman–Crippen MR) is 61.6 cm³/mol. The average Bonchev–Trinajstić information content (AvgIpc) is 2.25. The number of rotatable bonds is 4. The van der Waals surface area contributed by atoms with E-state index in [1.54, 1.807) is 18.0 Å². The van der Waals surface area contributed by atoms with Crippen molar-refractivity contribution in [2.24, 2.45) is 0 Å². The summed E-state index contributed by atoms with van der Waals surface area (Å²) in [5, 5.41) is 19.6. The average molecular weight is 240 g/mol.